The second-order valence-corrected chi connectivity index (χ2v) is 4.73. The Morgan fingerprint density at radius 2 is 1.58 bits per heavy atom. The zero-order chi connectivity index (χ0) is 13.1. The van der Waals surface area contributed by atoms with Crippen LogP contribution in [0.5, 0.6) is 0 Å². The van der Waals surface area contributed by atoms with E-state index in [1.54, 1.807) is 0 Å². The Morgan fingerprint density at radius 1 is 0.947 bits per heavy atom. The molecule has 1 aliphatic rings. The minimum Gasteiger partial charge on any atom is -0.330 e. The van der Waals surface area contributed by atoms with Crippen LogP contribution >= 0.6 is 0 Å². The molecule has 3 rings (SSSR count). The number of nitrogens with zero attached hydrogens (tertiary/aromatic N) is 1. The summed E-state index contributed by atoms with van der Waals surface area (Å²) in [5.74, 6) is 0.146. The van der Waals surface area contributed by atoms with Crippen LogP contribution in [0.15, 0.2) is 66.2 Å². The molecule has 94 valence electrons. The van der Waals surface area contributed by atoms with Crippen LogP contribution in [-0.4, -0.2) is 17.4 Å². The Balaban J connectivity index is 1.66. The number of hydrogen-bond donors (Lipinski definition) is 0. The third-order valence-electron chi connectivity index (χ3n) is 3.28. The van der Waals surface area contributed by atoms with E-state index < -0.39 is 0 Å². The van der Waals surface area contributed by atoms with Crippen LogP contribution in [0.4, 0.5) is 0 Å². The molecule has 19 heavy (non-hydrogen) atoms. The molecule has 0 aliphatic carbocycles. The molecule has 2 nitrogen and oxygen atoms in total. The molecule has 1 amide bonds. The Labute approximate surface area is 113 Å². The Bertz CT molecular complexity index is 602. The number of carbonyl (C=O) groups excluding carboxylic acids is 1. The highest BCUT2D eigenvalue weighted by atomic mass is 16.2. The van der Waals surface area contributed by atoms with E-state index in [1.165, 1.54) is 5.56 Å². The lowest BCUT2D eigenvalue weighted by Gasteiger charge is -2.33. The van der Waals surface area contributed by atoms with E-state index in [0.717, 1.165) is 17.7 Å². The molecule has 0 saturated carbocycles. The van der Waals surface area contributed by atoms with E-state index in [1.807, 2.05) is 71.6 Å². The molecule has 1 aliphatic heterocycles. The summed E-state index contributed by atoms with van der Waals surface area (Å²) in [5.41, 5.74) is 3.15. The van der Waals surface area contributed by atoms with Gasteiger partial charge in [0.1, 0.15) is 0 Å². The Morgan fingerprint density at radius 3 is 2.21 bits per heavy atom. The van der Waals surface area contributed by atoms with Crippen molar-refractivity contribution in [1.29, 1.82) is 0 Å². The molecule has 0 radical (unpaired) electrons. The van der Waals surface area contributed by atoms with Gasteiger partial charge in [0.15, 0.2) is 0 Å². The van der Waals surface area contributed by atoms with Crippen molar-refractivity contribution >= 4 is 12.0 Å². The van der Waals surface area contributed by atoms with Gasteiger partial charge in [-0.05, 0) is 17.2 Å². The monoisotopic (exact) mass is 249 g/mol. The van der Waals surface area contributed by atoms with Crippen LogP contribution in [0.3, 0.4) is 0 Å². The van der Waals surface area contributed by atoms with Crippen molar-refractivity contribution in [2.75, 3.05) is 6.54 Å². The Kier molecular flexibility index (Phi) is 3.15. The van der Waals surface area contributed by atoms with Gasteiger partial charge in [0.25, 0.3) is 5.91 Å². The topological polar surface area (TPSA) is 20.3 Å². The fraction of sp³-hybridized carbons (Fsp3) is 0.118. The van der Waals surface area contributed by atoms with Crippen LogP contribution in [0.25, 0.3) is 6.08 Å². The van der Waals surface area contributed by atoms with Gasteiger partial charge >= 0.3 is 0 Å². The summed E-state index contributed by atoms with van der Waals surface area (Å²) < 4.78 is 0. The maximum atomic E-state index is 12.0. The molecule has 2 aromatic carbocycles. The highest BCUT2D eigenvalue weighted by molar-refractivity contribution is 6.04. The number of hydrogen-bond acceptors (Lipinski definition) is 1. The number of carbonyl (C=O) groups is 1. The summed E-state index contributed by atoms with van der Waals surface area (Å²) in [6, 6.07) is 20.1. The van der Waals surface area contributed by atoms with Crippen molar-refractivity contribution in [2.45, 2.75) is 6.54 Å². The van der Waals surface area contributed by atoms with E-state index in [0.29, 0.717) is 6.54 Å². The van der Waals surface area contributed by atoms with E-state index >= 15 is 0 Å². The van der Waals surface area contributed by atoms with Gasteiger partial charge in [0.05, 0.1) is 6.54 Å². The third kappa shape index (κ3) is 2.58. The van der Waals surface area contributed by atoms with Gasteiger partial charge in [-0.3, -0.25) is 4.79 Å². The number of β-lactam (4-membered cyclic amide) rings is 1. The SMILES string of the molecule is O=C1/C(=C/c2ccccc2)CN1Cc1ccccc1. The second kappa shape index (κ2) is 5.11. The van der Waals surface area contributed by atoms with Gasteiger partial charge in [0, 0.05) is 12.1 Å². The first-order chi connectivity index (χ1) is 9.33. The van der Waals surface area contributed by atoms with Crippen molar-refractivity contribution < 1.29 is 4.79 Å². The minimum atomic E-state index is 0.146. The average Bonchev–Trinajstić information content (AvgIpc) is 2.48. The van der Waals surface area contributed by atoms with Crippen molar-refractivity contribution in [3.8, 4) is 0 Å². The first-order valence-electron chi connectivity index (χ1n) is 6.42. The lowest BCUT2D eigenvalue weighted by molar-refractivity contribution is -0.133. The van der Waals surface area contributed by atoms with Gasteiger partial charge in [-0.2, -0.15) is 0 Å². The van der Waals surface area contributed by atoms with Crippen LogP contribution in [0.1, 0.15) is 11.1 Å². The maximum Gasteiger partial charge on any atom is 0.252 e. The van der Waals surface area contributed by atoms with Crippen molar-refractivity contribution in [1.82, 2.24) is 4.90 Å². The summed E-state index contributed by atoms with van der Waals surface area (Å²) in [6.07, 6.45) is 1.98. The number of likely N-dealkylation sites (tertiary alicyclic amines) is 1. The molecule has 0 unspecified atom stereocenters. The molecule has 0 N–H and O–H groups in total. The first kappa shape index (κ1) is 11.7. The zero-order valence-corrected chi connectivity index (χ0v) is 10.6. The first-order valence-corrected chi connectivity index (χ1v) is 6.42. The van der Waals surface area contributed by atoms with Gasteiger partial charge in [-0.25, -0.2) is 0 Å². The third-order valence-corrected chi connectivity index (χ3v) is 3.28. The molecule has 1 saturated heterocycles. The predicted octanol–water partition coefficient (Wildman–Crippen LogP) is 3.11. The molecule has 0 aromatic heterocycles. The summed E-state index contributed by atoms with van der Waals surface area (Å²) in [7, 11) is 0. The predicted molar refractivity (Wildman–Crippen MR) is 76.3 cm³/mol. The number of rotatable bonds is 3. The van der Waals surface area contributed by atoms with Crippen molar-refractivity contribution in [2.24, 2.45) is 0 Å². The van der Waals surface area contributed by atoms with E-state index in [4.69, 9.17) is 0 Å². The van der Waals surface area contributed by atoms with E-state index in [2.05, 4.69) is 0 Å². The summed E-state index contributed by atoms with van der Waals surface area (Å²) in [4.78, 5) is 13.9. The van der Waals surface area contributed by atoms with Crippen LogP contribution in [0, 0.1) is 0 Å². The average molecular weight is 249 g/mol. The Hall–Kier alpha value is -2.35. The molecule has 1 heterocycles. The number of amides is 1. The zero-order valence-electron chi connectivity index (χ0n) is 10.6. The van der Waals surface area contributed by atoms with Crippen molar-refractivity contribution in [3.05, 3.63) is 77.4 Å². The minimum absolute atomic E-state index is 0.146. The molecular formula is C17H15NO. The lowest BCUT2D eigenvalue weighted by atomic mass is 10.0. The lowest BCUT2D eigenvalue weighted by Crippen LogP contribution is -2.45. The van der Waals surface area contributed by atoms with Crippen molar-refractivity contribution in [3.63, 3.8) is 0 Å². The van der Waals surface area contributed by atoms with E-state index in [9.17, 15) is 4.79 Å². The molecule has 0 bridgehead atoms. The van der Waals surface area contributed by atoms with Gasteiger partial charge in [-0.1, -0.05) is 60.7 Å². The largest absolute Gasteiger partial charge is 0.330 e. The standard InChI is InChI=1S/C17H15NO/c19-17-16(11-14-7-3-1-4-8-14)13-18(17)12-15-9-5-2-6-10-15/h1-11H,12-13H2/b16-11+. The van der Waals surface area contributed by atoms with Gasteiger partial charge < -0.3 is 4.90 Å². The normalized spacial score (nSPS) is 16.5. The van der Waals surface area contributed by atoms with Gasteiger partial charge in [0.2, 0.25) is 0 Å². The summed E-state index contributed by atoms with van der Waals surface area (Å²) in [5, 5.41) is 0. The quantitative estimate of drug-likeness (QED) is 0.604. The second-order valence-electron chi connectivity index (χ2n) is 4.73. The smallest absolute Gasteiger partial charge is 0.252 e. The fourth-order valence-corrected chi connectivity index (χ4v) is 2.25. The maximum absolute atomic E-state index is 12.0. The van der Waals surface area contributed by atoms with Crippen LogP contribution in [0.2, 0.25) is 0 Å². The van der Waals surface area contributed by atoms with Crippen LogP contribution < -0.4 is 0 Å². The van der Waals surface area contributed by atoms with Crippen LogP contribution in [-0.2, 0) is 11.3 Å². The molecule has 2 aromatic rings. The molecule has 2 heteroatoms. The molecule has 0 atom stereocenters. The molecular weight excluding hydrogens is 234 g/mol. The van der Waals surface area contributed by atoms with Gasteiger partial charge in [-0.15, -0.1) is 0 Å². The fourth-order valence-electron chi connectivity index (χ4n) is 2.25. The molecule has 1 fully saturated rings. The molecule has 0 spiro atoms. The summed E-state index contributed by atoms with van der Waals surface area (Å²) in [6.45, 7) is 1.44. The highest BCUT2D eigenvalue weighted by Crippen LogP contribution is 2.22. The van der Waals surface area contributed by atoms with E-state index in [-0.39, 0.29) is 5.91 Å². The number of benzene rings is 2. The summed E-state index contributed by atoms with van der Waals surface area (Å²) >= 11 is 0. The highest BCUT2D eigenvalue weighted by Gasteiger charge is 2.29.